The minimum Gasteiger partial charge on any atom is -0.475 e. The fourth-order valence-corrected chi connectivity index (χ4v) is 6.82. The van der Waals surface area contributed by atoms with Crippen molar-refractivity contribution in [2.75, 3.05) is 44.2 Å². The standard InChI is InChI=1S/C39H42N8O3/c1-4-47(32-11-12-34-33(22-32)37(44-43-34)30-10-13-35(42-23-30)50-26(2)3)39(49)31-14-19-45(24-31)25-36(48)46-20-15-28(16-21-46)27-6-8-29(9-7-27)38-40-17-5-18-41-38/h5-13,15,17-18,22-23,26,31H,4,14,16,19-21,24-25H2,1-3H3,(H,43,44). The molecule has 2 aliphatic heterocycles. The number of anilines is 1. The zero-order chi connectivity index (χ0) is 34.6. The quantitative estimate of drug-likeness (QED) is 0.196. The minimum absolute atomic E-state index is 0.0420. The highest BCUT2D eigenvalue weighted by Crippen LogP contribution is 2.32. The maximum absolute atomic E-state index is 13.9. The first-order chi connectivity index (χ1) is 24.4. The Labute approximate surface area is 292 Å². The van der Waals surface area contributed by atoms with Gasteiger partial charge in [0.1, 0.15) is 5.69 Å². The number of fused-ring (bicyclic) bond motifs is 1. The number of hydrogen-bond acceptors (Lipinski definition) is 8. The van der Waals surface area contributed by atoms with Crippen LogP contribution >= 0.6 is 0 Å². The molecule has 0 spiro atoms. The Kier molecular flexibility index (Phi) is 9.66. The summed E-state index contributed by atoms with van der Waals surface area (Å²) in [5.41, 5.74) is 6.73. The summed E-state index contributed by atoms with van der Waals surface area (Å²) in [6.45, 7) is 9.36. The first-order valence-electron chi connectivity index (χ1n) is 17.4. The molecule has 256 valence electrons. The molecule has 1 unspecified atom stereocenters. The Morgan fingerprint density at radius 1 is 0.980 bits per heavy atom. The second-order valence-corrected chi connectivity index (χ2v) is 13.1. The SMILES string of the molecule is CCN(C(=O)C1CCN(CC(=O)N2CC=C(c3ccc(-c4ncccn4)cc3)CC2)C1)c1ccc2[nH]nc(-c3ccc(OC(C)C)nc3)c2c1. The van der Waals surface area contributed by atoms with E-state index in [1.807, 2.05) is 79.1 Å². The molecule has 5 aromatic rings. The van der Waals surface area contributed by atoms with Gasteiger partial charge in [0.15, 0.2) is 5.82 Å². The third-order valence-electron chi connectivity index (χ3n) is 9.43. The smallest absolute Gasteiger partial charge is 0.237 e. The van der Waals surface area contributed by atoms with E-state index in [1.54, 1.807) is 18.6 Å². The number of nitrogens with one attached hydrogen (secondary N) is 1. The highest BCUT2D eigenvalue weighted by Gasteiger charge is 2.33. The van der Waals surface area contributed by atoms with E-state index in [4.69, 9.17) is 4.74 Å². The third kappa shape index (κ3) is 7.13. The molecular formula is C39H42N8O3. The first kappa shape index (κ1) is 33.1. The van der Waals surface area contributed by atoms with E-state index in [0.29, 0.717) is 44.4 Å². The number of ether oxygens (including phenoxy) is 1. The molecule has 0 saturated carbocycles. The van der Waals surface area contributed by atoms with Gasteiger partial charge in [-0.05, 0) is 81.6 Å². The summed E-state index contributed by atoms with van der Waals surface area (Å²) < 4.78 is 5.69. The van der Waals surface area contributed by atoms with Gasteiger partial charge < -0.3 is 14.5 Å². The van der Waals surface area contributed by atoms with Gasteiger partial charge in [0.25, 0.3) is 0 Å². The van der Waals surface area contributed by atoms with Crippen LogP contribution in [0.1, 0.15) is 39.2 Å². The van der Waals surface area contributed by atoms with Crippen LogP contribution < -0.4 is 9.64 Å². The number of amides is 2. The van der Waals surface area contributed by atoms with E-state index in [2.05, 4.69) is 48.3 Å². The summed E-state index contributed by atoms with van der Waals surface area (Å²) in [5, 5.41) is 8.58. The van der Waals surface area contributed by atoms with Gasteiger partial charge in [0, 0.05) is 73.0 Å². The molecular weight excluding hydrogens is 628 g/mol. The monoisotopic (exact) mass is 670 g/mol. The summed E-state index contributed by atoms with van der Waals surface area (Å²) in [6.07, 6.45) is 8.97. The fraction of sp³-hybridized carbons (Fsp3) is 0.333. The Morgan fingerprint density at radius 3 is 2.46 bits per heavy atom. The molecule has 50 heavy (non-hydrogen) atoms. The highest BCUT2D eigenvalue weighted by atomic mass is 16.5. The number of benzene rings is 2. The number of nitrogens with zero attached hydrogens (tertiary/aromatic N) is 7. The van der Waals surface area contributed by atoms with E-state index < -0.39 is 0 Å². The van der Waals surface area contributed by atoms with E-state index in [-0.39, 0.29) is 23.8 Å². The summed E-state index contributed by atoms with van der Waals surface area (Å²) >= 11 is 0. The molecule has 1 atom stereocenters. The average molecular weight is 671 g/mol. The van der Waals surface area contributed by atoms with Crippen molar-refractivity contribution in [3.05, 3.63) is 90.9 Å². The molecule has 1 fully saturated rings. The van der Waals surface area contributed by atoms with Crippen molar-refractivity contribution in [1.82, 2.24) is 34.9 Å². The lowest BCUT2D eigenvalue weighted by Gasteiger charge is -2.29. The van der Waals surface area contributed by atoms with E-state index >= 15 is 0 Å². The van der Waals surface area contributed by atoms with Gasteiger partial charge in [-0.3, -0.25) is 19.6 Å². The fourth-order valence-electron chi connectivity index (χ4n) is 6.82. The van der Waals surface area contributed by atoms with Crippen LogP contribution in [0.3, 0.4) is 0 Å². The zero-order valence-electron chi connectivity index (χ0n) is 28.7. The largest absolute Gasteiger partial charge is 0.475 e. The van der Waals surface area contributed by atoms with E-state index in [9.17, 15) is 9.59 Å². The topological polar surface area (TPSA) is 120 Å². The number of pyridine rings is 1. The van der Waals surface area contributed by atoms with Gasteiger partial charge in [0.05, 0.1) is 24.1 Å². The van der Waals surface area contributed by atoms with Crippen LogP contribution in [0.25, 0.3) is 39.1 Å². The summed E-state index contributed by atoms with van der Waals surface area (Å²) in [4.78, 5) is 46.2. The molecule has 0 bridgehead atoms. The molecule has 1 N–H and O–H groups in total. The number of carbonyl (C=O) groups is 2. The van der Waals surface area contributed by atoms with Crippen LogP contribution in [0.15, 0.2) is 85.3 Å². The number of rotatable bonds is 10. The molecule has 2 amide bonds. The maximum atomic E-state index is 13.9. The highest BCUT2D eigenvalue weighted by molar-refractivity contribution is 6.00. The summed E-state index contributed by atoms with van der Waals surface area (Å²) in [5.74, 6) is 1.29. The average Bonchev–Trinajstić information content (AvgIpc) is 3.80. The van der Waals surface area contributed by atoms with Crippen molar-refractivity contribution in [3.63, 3.8) is 0 Å². The Morgan fingerprint density at radius 2 is 1.76 bits per heavy atom. The number of carbonyl (C=O) groups excluding carboxylic acids is 2. The van der Waals surface area contributed by atoms with E-state index in [0.717, 1.165) is 58.4 Å². The van der Waals surface area contributed by atoms with Crippen molar-refractivity contribution in [2.45, 2.75) is 39.7 Å². The Bertz CT molecular complexity index is 1990. The van der Waals surface area contributed by atoms with Crippen LogP contribution in [0, 0.1) is 5.92 Å². The number of likely N-dealkylation sites (tertiary alicyclic amines) is 1. The number of aromatic nitrogens is 5. The lowest BCUT2D eigenvalue weighted by molar-refractivity contribution is -0.132. The molecule has 0 radical (unpaired) electrons. The molecule has 11 heteroatoms. The third-order valence-corrected chi connectivity index (χ3v) is 9.43. The molecule has 2 aromatic carbocycles. The predicted octanol–water partition coefficient (Wildman–Crippen LogP) is 5.86. The molecule has 5 heterocycles. The summed E-state index contributed by atoms with van der Waals surface area (Å²) in [6, 6.07) is 19.8. The molecule has 0 aliphatic carbocycles. The second-order valence-electron chi connectivity index (χ2n) is 13.1. The minimum atomic E-state index is -0.169. The van der Waals surface area contributed by atoms with Crippen molar-refractivity contribution in [3.8, 4) is 28.5 Å². The van der Waals surface area contributed by atoms with Gasteiger partial charge >= 0.3 is 0 Å². The number of aromatic amines is 1. The Balaban J connectivity index is 0.953. The van der Waals surface area contributed by atoms with Crippen LogP contribution in [0.5, 0.6) is 5.88 Å². The molecule has 2 aliphatic rings. The van der Waals surface area contributed by atoms with Gasteiger partial charge in [-0.2, -0.15) is 5.10 Å². The van der Waals surface area contributed by atoms with Crippen molar-refractivity contribution in [1.29, 1.82) is 0 Å². The van der Waals surface area contributed by atoms with Crippen LogP contribution in [0.2, 0.25) is 0 Å². The number of H-pyrrole nitrogens is 1. The van der Waals surface area contributed by atoms with E-state index in [1.165, 1.54) is 5.57 Å². The Hall–Kier alpha value is -5.42. The van der Waals surface area contributed by atoms with Crippen LogP contribution in [-0.2, 0) is 9.59 Å². The van der Waals surface area contributed by atoms with Crippen LogP contribution in [-0.4, -0.2) is 92.1 Å². The normalized spacial score (nSPS) is 16.5. The lowest BCUT2D eigenvalue weighted by Crippen LogP contribution is -2.42. The predicted molar refractivity (Wildman–Crippen MR) is 194 cm³/mol. The first-order valence-corrected chi connectivity index (χ1v) is 17.4. The molecule has 7 rings (SSSR count). The molecule has 11 nitrogen and oxygen atoms in total. The zero-order valence-corrected chi connectivity index (χ0v) is 28.7. The second kappa shape index (κ2) is 14.6. The van der Waals surface area contributed by atoms with Crippen molar-refractivity contribution >= 4 is 34.0 Å². The summed E-state index contributed by atoms with van der Waals surface area (Å²) in [7, 11) is 0. The maximum Gasteiger partial charge on any atom is 0.237 e. The number of hydrogen-bond donors (Lipinski definition) is 1. The van der Waals surface area contributed by atoms with Crippen molar-refractivity contribution in [2.24, 2.45) is 5.92 Å². The molecule has 3 aromatic heterocycles. The van der Waals surface area contributed by atoms with Gasteiger partial charge in [-0.1, -0.05) is 30.3 Å². The van der Waals surface area contributed by atoms with Crippen LogP contribution in [0.4, 0.5) is 5.69 Å². The lowest BCUT2D eigenvalue weighted by atomic mass is 9.98. The van der Waals surface area contributed by atoms with Gasteiger partial charge in [-0.25, -0.2) is 15.0 Å². The molecule has 1 saturated heterocycles. The van der Waals surface area contributed by atoms with Crippen molar-refractivity contribution < 1.29 is 14.3 Å². The van der Waals surface area contributed by atoms with Gasteiger partial charge in [-0.15, -0.1) is 0 Å². The van der Waals surface area contributed by atoms with Gasteiger partial charge in [0.2, 0.25) is 17.7 Å².